The van der Waals surface area contributed by atoms with Crippen LogP contribution in [0, 0.1) is 17.2 Å². The first kappa shape index (κ1) is 19.4. The smallest absolute Gasteiger partial charge is 0.191 e. The summed E-state index contributed by atoms with van der Waals surface area (Å²) in [4.78, 5) is 4.32. The van der Waals surface area contributed by atoms with E-state index in [1.165, 1.54) is 6.07 Å². The first-order valence-corrected chi connectivity index (χ1v) is 8.35. The van der Waals surface area contributed by atoms with Crippen molar-refractivity contribution >= 4 is 29.9 Å². The standard InChI is InChI=1S/C18H26FN3O.HI/c1-18(2)15(14-8-10-23-16(14)18)22-17(20-3)21-9-7-12-5-4-6-13(19)11-12;/h4-6,11,14-16H,7-10H2,1-3H3,(H2,20,21,22);1H. The Balaban J connectivity index is 0.00000208. The van der Waals surface area contributed by atoms with Crippen LogP contribution >= 0.6 is 24.0 Å². The van der Waals surface area contributed by atoms with E-state index in [1.807, 2.05) is 6.07 Å². The van der Waals surface area contributed by atoms with Crippen LogP contribution in [-0.2, 0) is 11.2 Å². The number of fused-ring (bicyclic) bond motifs is 1. The molecule has 3 atom stereocenters. The van der Waals surface area contributed by atoms with Crippen molar-refractivity contribution in [2.45, 2.75) is 38.8 Å². The van der Waals surface area contributed by atoms with Gasteiger partial charge in [0.25, 0.3) is 0 Å². The summed E-state index contributed by atoms with van der Waals surface area (Å²) in [6.07, 6.45) is 2.25. The minimum absolute atomic E-state index is 0. The maximum Gasteiger partial charge on any atom is 0.191 e. The highest BCUT2D eigenvalue weighted by Crippen LogP contribution is 2.52. The van der Waals surface area contributed by atoms with Gasteiger partial charge in [0.1, 0.15) is 5.82 Å². The van der Waals surface area contributed by atoms with E-state index in [0.29, 0.717) is 18.1 Å². The SMILES string of the molecule is CN=C(NCCc1cccc(F)c1)NC1C2CCOC2C1(C)C.I. The summed E-state index contributed by atoms with van der Waals surface area (Å²) in [5.74, 6) is 1.20. The lowest BCUT2D eigenvalue weighted by atomic mass is 9.57. The molecule has 24 heavy (non-hydrogen) atoms. The molecule has 2 N–H and O–H groups in total. The second-order valence-corrected chi connectivity index (χ2v) is 7.07. The van der Waals surface area contributed by atoms with Crippen molar-refractivity contribution in [1.82, 2.24) is 10.6 Å². The third kappa shape index (κ3) is 3.85. The number of ether oxygens (including phenoxy) is 1. The summed E-state index contributed by atoms with van der Waals surface area (Å²) in [7, 11) is 1.78. The summed E-state index contributed by atoms with van der Waals surface area (Å²) < 4.78 is 19.0. The van der Waals surface area contributed by atoms with Crippen LogP contribution in [0.5, 0.6) is 0 Å². The molecule has 1 heterocycles. The number of rotatable bonds is 4. The van der Waals surface area contributed by atoms with Crippen LogP contribution in [0.1, 0.15) is 25.8 Å². The zero-order valence-corrected chi connectivity index (χ0v) is 16.8. The fourth-order valence-electron chi connectivity index (χ4n) is 3.98. The molecule has 2 fully saturated rings. The van der Waals surface area contributed by atoms with Crippen LogP contribution < -0.4 is 10.6 Å². The molecule has 1 aliphatic carbocycles. The molecule has 0 amide bonds. The van der Waals surface area contributed by atoms with Crippen molar-refractivity contribution in [3.63, 3.8) is 0 Å². The van der Waals surface area contributed by atoms with E-state index < -0.39 is 0 Å². The van der Waals surface area contributed by atoms with E-state index in [2.05, 4.69) is 29.5 Å². The van der Waals surface area contributed by atoms with E-state index in [9.17, 15) is 4.39 Å². The molecule has 1 saturated carbocycles. The molecule has 1 aromatic carbocycles. The molecule has 1 aromatic rings. The van der Waals surface area contributed by atoms with Gasteiger partial charge in [-0.25, -0.2) is 4.39 Å². The molecule has 1 saturated heterocycles. The van der Waals surface area contributed by atoms with Crippen LogP contribution in [0.15, 0.2) is 29.3 Å². The Labute approximate surface area is 160 Å². The summed E-state index contributed by atoms with van der Waals surface area (Å²) in [6.45, 7) is 6.08. The van der Waals surface area contributed by atoms with E-state index >= 15 is 0 Å². The molecular formula is C18H27FIN3O. The Morgan fingerprint density at radius 2 is 2.21 bits per heavy atom. The van der Waals surface area contributed by atoms with Gasteiger partial charge in [0.15, 0.2) is 5.96 Å². The number of aliphatic imine (C=N–C) groups is 1. The lowest BCUT2D eigenvalue weighted by molar-refractivity contribution is -0.106. The zero-order valence-electron chi connectivity index (χ0n) is 14.5. The van der Waals surface area contributed by atoms with Crippen LogP contribution in [0.3, 0.4) is 0 Å². The van der Waals surface area contributed by atoms with Gasteiger partial charge in [-0.3, -0.25) is 4.99 Å². The highest BCUT2D eigenvalue weighted by atomic mass is 127. The van der Waals surface area contributed by atoms with Crippen LogP contribution in [-0.4, -0.2) is 38.3 Å². The van der Waals surface area contributed by atoms with E-state index in [4.69, 9.17) is 4.74 Å². The number of benzene rings is 1. The van der Waals surface area contributed by atoms with Crippen molar-refractivity contribution in [3.8, 4) is 0 Å². The normalized spacial score (nSPS) is 27.7. The Hall–Kier alpha value is -0.890. The average Bonchev–Trinajstić information content (AvgIpc) is 2.97. The first-order valence-electron chi connectivity index (χ1n) is 8.35. The molecule has 0 radical (unpaired) electrons. The van der Waals surface area contributed by atoms with Crippen LogP contribution in [0.25, 0.3) is 0 Å². The van der Waals surface area contributed by atoms with Gasteiger partial charge in [-0.15, -0.1) is 24.0 Å². The number of hydrogen-bond donors (Lipinski definition) is 2. The maximum atomic E-state index is 13.2. The summed E-state index contributed by atoms with van der Waals surface area (Å²) in [5, 5.41) is 6.88. The van der Waals surface area contributed by atoms with Gasteiger partial charge >= 0.3 is 0 Å². The third-order valence-electron chi connectivity index (χ3n) is 5.21. The number of guanidine groups is 1. The highest BCUT2D eigenvalue weighted by molar-refractivity contribution is 14.0. The first-order chi connectivity index (χ1) is 11.0. The fraction of sp³-hybridized carbons (Fsp3) is 0.611. The van der Waals surface area contributed by atoms with Gasteiger partial charge in [0.05, 0.1) is 6.10 Å². The van der Waals surface area contributed by atoms with Crippen LogP contribution in [0.2, 0.25) is 0 Å². The molecule has 134 valence electrons. The lowest BCUT2D eigenvalue weighted by Gasteiger charge is -2.54. The molecule has 1 aliphatic heterocycles. The van der Waals surface area contributed by atoms with Gasteiger partial charge < -0.3 is 15.4 Å². The molecule has 4 nitrogen and oxygen atoms in total. The molecular weight excluding hydrogens is 420 g/mol. The molecule has 3 rings (SSSR count). The minimum Gasteiger partial charge on any atom is -0.377 e. The molecule has 6 heteroatoms. The minimum atomic E-state index is -0.187. The van der Waals surface area contributed by atoms with Gasteiger partial charge in [-0.05, 0) is 30.5 Å². The second kappa shape index (κ2) is 7.99. The number of nitrogens with one attached hydrogen (secondary N) is 2. The van der Waals surface area contributed by atoms with Crippen molar-refractivity contribution in [2.24, 2.45) is 16.3 Å². The van der Waals surface area contributed by atoms with Crippen molar-refractivity contribution in [1.29, 1.82) is 0 Å². The molecule has 0 spiro atoms. The third-order valence-corrected chi connectivity index (χ3v) is 5.21. The average molecular weight is 447 g/mol. The van der Waals surface area contributed by atoms with Gasteiger partial charge in [-0.2, -0.15) is 0 Å². The number of nitrogens with zero attached hydrogens (tertiary/aromatic N) is 1. The maximum absolute atomic E-state index is 13.2. The van der Waals surface area contributed by atoms with Gasteiger partial charge in [-0.1, -0.05) is 26.0 Å². The lowest BCUT2D eigenvalue weighted by Crippen LogP contribution is -2.68. The van der Waals surface area contributed by atoms with Crippen molar-refractivity contribution in [2.75, 3.05) is 20.2 Å². The predicted molar refractivity (Wildman–Crippen MR) is 105 cm³/mol. The van der Waals surface area contributed by atoms with Gasteiger partial charge in [0.2, 0.25) is 0 Å². The second-order valence-electron chi connectivity index (χ2n) is 7.07. The number of halogens is 2. The predicted octanol–water partition coefficient (Wildman–Crippen LogP) is 2.96. The van der Waals surface area contributed by atoms with Crippen molar-refractivity contribution in [3.05, 3.63) is 35.6 Å². The summed E-state index contributed by atoms with van der Waals surface area (Å²) in [6, 6.07) is 7.12. The highest BCUT2D eigenvalue weighted by Gasteiger charge is 2.59. The van der Waals surface area contributed by atoms with E-state index in [1.54, 1.807) is 19.2 Å². The largest absolute Gasteiger partial charge is 0.377 e. The Kier molecular flexibility index (Phi) is 6.47. The summed E-state index contributed by atoms with van der Waals surface area (Å²) in [5.41, 5.74) is 1.11. The fourth-order valence-corrected chi connectivity index (χ4v) is 3.98. The molecule has 0 aromatic heterocycles. The Morgan fingerprint density at radius 1 is 1.42 bits per heavy atom. The van der Waals surface area contributed by atoms with E-state index in [-0.39, 0.29) is 35.2 Å². The Morgan fingerprint density at radius 3 is 2.92 bits per heavy atom. The quantitative estimate of drug-likeness (QED) is 0.424. The topological polar surface area (TPSA) is 45.7 Å². The monoisotopic (exact) mass is 447 g/mol. The zero-order chi connectivity index (χ0) is 16.4. The van der Waals surface area contributed by atoms with E-state index in [0.717, 1.165) is 37.5 Å². The van der Waals surface area contributed by atoms with Crippen molar-refractivity contribution < 1.29 is 9.13 Å². The summed E-state index contributed by atoms with van der Waals surface area (Å²) >= 11 is 0. The number of hydrogen-bond acceptors (Lipinski definition) is 2. The Bertz CT molecular complexity index is 593. The molecule has 0 bridgehead atoms. The van der Waals surface area contributed by atoms with Gasteiger partial charge in [0, 0.05) is 37.6 Å². The van der Waals surface area contributed by atoms with Crippen LogP contribution in [0.4, 0.5) is 4.39 Å². The molecule has 2 aliphatic rings. The molecule has 3 unspecified atom stereocenters.